The van der Waals surface area contributed by atoms with Crippen LogP contribution < -0.4 is 0 Å². The van der Waals surface area contributed by atoms with Gasteiger partial charge < -0.3 is 0 Å². The monoisotopic (exact) mass is 562 g/mol. The average molecular weight is 563 g/mol. The van der Waals surface area contributed by atoms with Gasteiger partial charge in [-0.15, -0.1) is 0 Å². The van der Waals surface area contributed by atoms with Crippen LogP contribution in [0.15, 0.2) is 23.8 Å². The average Bonchev–Trinajstić information content (AvgIpc) is 3.31. The van der Waals surface area contributed by atoms with E-state index in [0.29, 0.717) is 18.3 Å². The van der Waals surface area contributed by atoms with E-state index in [9.17, 15) is 14.4 Å². The normalized spacial score (nSPS) is 18.0. The Balaban J connectivity index is 0.00000187. The molecule has 0 N–H and O–H groups in total. The van der Waals surface area contributed by atoms with Gasteiger partial charge in [0.2, 0.25) is 0 Å². The summed E-state index contributed by atoms with van der Waals surface area (Å²) in [7, 11) is 0. The Bertz CT molecular complexity index is 1130. The molecule has 0 aliphatic heterocycles. The Morgan fingerprint density at radius 2 is 1.66 bits per heavy atom. The zero-order valence-corrected chi connectivity index (χ0v) is 27.9. The molecule has 1 aromatic rings. The third kappa shape index (κ3) is 9.35. The number of ketones is 3. The van der Waals surface area contributed by atoms with Crippen LogP contribution in [0, 0.1) is 30.6 Å². The second-order valence-electron chi connectivity index (χ2n) is 13.5. The van der Waals surface area contributed by atoms with Gasteiger partial charge in [-0.05, 0) is 97.5 Å². The molecule has 3 rings (SSSR count). The number of Topliss-reactive ketones (excluding diaryl/α,β-unsaturated/α-hetero) is 3. The molecule has 3 atom stereocenters. The van der Waals surface area contributed by atoms with Crippen molar-refractivity contribution in [2.45, 2.75) is 139 Å². The summed E-state index contributed by atoms with van der Waals surface area (Å²) >= 11 is 0. The summed E-state index contributed by atoms with van der Waals surface area (Å²) in [6.45, 7) is 21.1. The summed E-state index contributed by atoms with van der Waals surface area (Å²) in [5.41, 5.74) is 8.74. The van der Waals surface area contributed by atoms with Crippen molar-refractivity contribution in [1.82, 2.24) is 0 Å². The van der Waals surface area contributed by atoms with Crippen LogP contribution >= 0.6 is 0 Å². The van der Waals surface area contributed by atoms with Crippen molar-refractivity contribution in [1.29, 1.82) is 0 Å². The maximum absolute atomic E-state index is 13.8. The minimum Gasteiger partial charge on any atom is -0.300 e. The summed E-state index contributed by atoms with van der Waals surface area (Å²) < 4.78 is 0. The van der Waals surface area contributed by atoms with Crippen LogP contribution in [0.5, 0.6) is 0 Å². The maximum atomic E-state index is 13.8. The van der Waals surface area contributed by atoms with Gasteiger partial charge in [0.1, 0.15) is 11.6 Å². The van der Waals surface area contributed by atoms with Crippen molar-refractivity contribution in [3.8, 4) is 0 Å². The standard InChI is InChI=1S/C35H50O3.C3H8/c1-9-11-27(29(10-2)33(37)15-23(7)36)17-26-18-32-30(22(5)6)20-31(24(8)35(32)34(38)19-26)28-13-12-25(16-28)14-21(3)4;1-3-2/h12-13,20-22,26-27,29H,9-11,14-19H2,1-8H3;3H2,1-2H3. The lowest BCUT2D eigenvalue weighted by Gasteiger charge is -2.33. The lowest BCUT2D eigenvalue weighted by molar-refractivity contribution is -0.129. The molecule has 0 bridgehead atoms. The molecule has 41 heavy (non-hydrogen) atoms. The number of benzene rings is 1. The summed E-state index contributed by atoms with van der Waals surface area (Å²) in [4.78, 5) is 38.4. The molecular weight excluding hydrogens is 504 g/mol. The number of fused-ring (bicyclic) bond motifs is 1. The largest absolute Gasteiger partial charge is 0.300 e. The van der Waals surface area contributed by atoms with Crippen LogP contribution in [-0.2, 0) is 16.0 Å². The Kier molecular flexibility index (Phi) is 13.9. The SMILES string of the molecule is CCC.CCCC(CC1CC(=O)c2c(C)c(C3=CC=C(CC(C)C)C3)cc(C(C)C)c2C1)C(CC)C(=O)CC(C)=O. The van der Waals surface area contributed by atoms with E-state index in [1.165, 1.54) is 41.2 Å². The smallest absolute Gasteiger partial charge is 0.163 e. The highest BCUT2D eigenvalue weighted by molar-refractivity contribution is 6.02. The number of carbonyl (C=O) groups excluding carboxylic acids is 3. The molecule has 0 saturated heterocycles. The van der Waals surface area contributed by atoms with Crippen LogP contribution in [0.3, 0.4) is 0 Å². The molecule has 3 nitrogen and oxygen atoms in total. The van der Waals surface area contributed by atoms with Crippen molar-refractivity contribution in [2.75, 3.05) is 0 Å². The molecule has 3 unspecified atom stereocenters. The van der Waals surface area contributed by atoms with Gasteiger partial charge in [0.25, 0.3) is 0 Å². The summed E-state index contributed by atoms with van der Waals surface area (Å²) in [5.74, 6) is 1.67. The molecule has 0 heterocycles. The van der Waals surface area contributed by atoms with Gasteiger partial charge in [-0.3, -0.25) is 14.4 Å². The Hall–Kier alpha value is -2.29. The molecule has 0 saturated carbocycles. The minimum absolute atomic E-state index is 0.0359. The van der Waals surface area contributed by atoms with Gasteiger partial charge >= 0.3 is 0 Å². The maximum Gasteiger partial charge on any atom is 0.163 e. The fourth-order valence-electron chi connectivity index (χ4n) is 7.11. The number of carbonyl (C=O) groups is 3. The lowest BCUT2D eigenvalue weighted by atomic mass is 9.70. The first kappa shape index (κ1) is 34.9. The van der Waals surface area contributed by atoms with Crippen molar-refractivity contribution < 1.29 is 14.4 Å². The van der Waals surface area contributed by atoms with Crippen LogP contribution in [-0.4, -0.2) is 17.3 Å². The molecule has 228 valence electrons. The Morgan fingerprint density at radius 1 is 1.00 bits per heavy atom. The predicted octanol–water partition coefficient (Wildman–Crippen LogP) is 10.4. The van der Waals surface area contributed by atoms with E-state index in [-0.39, 0.29) is 41.5 Å². The Labute approximate surface area is 251 Å². The third-order valence-corrected chi connectivity index (χ3v) is 8.69. The lowest BCUT2D eigenvalue weighted by Crippen LogP contribution is -2.30. The highest BCUT2D eigenvalue weighted by atomic mass is 16.1. The van der Waals surface area contributed by atoms with E-state index in [2.05, 4.69) is 80.5 Å². The number of hydrogen-bond acceptors (Lipinski definition) is 3. The van der Waals surface area contributed by atoms with E-state index < -0.39 is 0 Å². The molecule has 2 aliphatic carbocycles. The molecule has 0 aromatic heterocycles. The summed E-state index contributed by atoms with van der Waals surface area (Å²) in [6.07, 6.45) is 13.0. The molecule has 0 fully saturated rings. The predicted molar refractivity (Wildman–Crippen MR) is 175 cm³/mol. The van der Waals surface area contributed by atoms with E-state index in [4.69, 9.17) is 0 Å². The first-order chi connectivity index (χ1) is 19.4. The van der Waals surface area contributed by atoms with Crippen LogP contribution in [0.2, 0.25) is 0 Å². The quantitative estimate of drug-likeness (QED) is 0.225. The topological polar surface area (TPSA) is 51.2 Å². The van der Waals surface area contributed by atoms with Gasteiger partial charge in [0.05, 0.1) is 6.42 Å². The van der Waals surface area contributed by atoms with Gasteiger partial charge in [-0.25, -0.2) is 0 Å². The first-order valence-corrected chi connectivity index (χ1v) is 16.5. The number of hydrogen-bond donors (Lipinski definition) is 0. The second kappa shape index (κ2) is 16.4. The van der Waals surface area contributed by atoms with E-state index in [1.54, 1.807) is 0 Å². The molecule has 0 spiro atoms. The fourth-order valence-corrected chi connectivity index (χ4v) is 7.11. The summed E-state index contributed by atoms with van der Waals surface area (Å²) in [6, 6.07) is 2.38. The Morgan fingerprint density at radius 3 is 2.20 bits per heavy atom. The van der Waals surface area contributed by atoms with Gasteiger partial charge in [0, 0.05) is 17.9 Å². The highest BCUT2D eigenvalue weighted by Crippen LogP contribution is 2.42. The van der Waals surface area contributed by atoms with Crippen LogP contribution in [0.1, 0.15) is 159 Å². The van der Waals surface area contributed by atoms with Gasteiger partial charge in [0.15, 0.2) is 5.78 Å². The van der Waals surface area contributed by atoms with E-state index in [1.807, 2.05) is 0 Å². The van der Waals surface area contributed by atoms with Crippen molar-refractivity contribution in [3.63, 3.8) is 0 Å². The van der Waals surface area contributed by atoms with Gasteiger partial charge in [-0.2, -0.15) is 0 Å². The zero-order chi connectivity index (χ0) is 30.9. The summed E-state index contributed by atoms with van der Waals surface area (Å²) in [5, 5.41) is 0. The molecule has 0 radical (unpaired) electrons. The molecule has 2 aliphatic rings. The minimum atomic E-state index is -0.0918. The fraction of sp³-hybridized carbons (Fsp3) is 0.658. The second-order valence-corrected chi connectivity index (χ2v) is 13.5. The molecule has 0 amide bonds. The first-order valence-electron chi connectivity index (χ1n) is 16.5. The third-order valence-electron chi connectivity index (χ3n) is 8.69. The van der Waals surface area contributed by atoms with Crippen molar-refractivity contribution in [2.24, 2.45) is 23.7 Å². The number of allylic oxidation sites excluding steroid dienone is 4. The van der Waals surface area contributed by atoms with Crippen molar-refractivity contribution >= 4 is 22.9 Å². The van der Waals surface area contributed by atoms with Crippen LogP contribution in [0.25, 0.3) is 5.57 Å². The highest BCUT2D eigenvalue weighted by Gasteiger charge is 2.35. The molecule has 3 heteroatoms. The van der Waals surface area contributed by atoms with Gasteiger partial charge in [-0.1, -0.05) is 98.4 Å². The molecular formula is C38H58O3. The number of rotatable bonds is 13. The van der Waals surface area contributed by atoms with E-state index in [0.717, 1.165) is 56.1 Å². The molecule has 1 aromatic carbocycles. The van der Waals surface area contributed by atoms with Crippen LogP contribution in [0.4, 0.5) is 0 Å². The van der Waals surface area contributed by atoms with E-state index >= 15 is 0 Å². The zero-order valence-electron chi connectivity index (χ0n) is 27.9. The van der Waals surface area contributed by atoms with Crippen molar-refractivity contribution in [3.05, 3.63) is 51.6 Å².